The number of carbonyl (C=O) groups is 1. The van der Waals surface area contributed by atoms with E-state index in [1.54, 1.807) is 18.2 Å². The molecule has 2 rings (SSSR count). The minimum atomic E-state index is -0.439. The molecule has 0 spiro atoms. The van der Waals surface area contributed by atoms with Gasteiger partial charge in [0.25, 0.3) is 5.91 Å². The predicted octanol–water partition coefficient (Wildman–Crippen LogP) is 1.03. The van der Waals surface area contributed by atoms with E-state index in [1.807, 2.05) is 0 Å². The van der Waals surface area contributed by atoms with Gasteiger partial charge in [-0.2, -0.15) is 0 Å². The second-order valence-electron chi connectivity index (χ2n) is 3.95. The lowest BCUT2D eigenvalue weighted by Gasteiger charge is -2.11. The quantitative estimate of drug-likeness (QED) is 0.556. The standard InChI is InChI=1S/C13H15N5O3/c1-20-8-3-4-11(21-2)9(5-8)17-13(19)10-6-15-7-12(16-10)18-14/h3-7H,14H2,1-2H3,(H,16,18)(H,17,19). The van der Waals surface area contributed by atoms with E-state index in [9.17, 15) is 4.79 Å². The van der Waals surface area contributed by atoms with E-state index in [2.05, 4.69) is 20.7 Å². The highest BCUT2D eigenvalue weighted by atomic mass is 16.5. The van der Waals surface area contributed by atoms with E-state index in [0.717, 1.165) is 0 Å². The number of hydrazine groups is 1. The Hall–Kier alpha value is -2.87. The van der Waals surface area contributed by atoms with Gasteiger partial charge in [0.2, 0.25) is 0 Å². The number of nitrogens with zero attached hydrogens (tertiary/aromatic N) is 2. The lowest BCUT2D eigenvalue weighted by atomic mass is 10.2. The third kappa shape index (κ3) is 3.37. The summed E-state index contributed by atoms with van der Waals surface area (Å²) in [4.78, 5) is 20.0. The van der Waals surface area contributed by atoms with Gasteiger partial charge in [-0.3, -0.25) is 9.78 Å². The molecule has 1 amide bonds. The number of nitrogens with one attached hydrogen (secondary N) is 2. The maximum atomic E-state index is 12.2. The van der Waals surface area contributed by atoms with Crippen molar-refractivity contribution in [3.63, 3.8) is 0 Å². The second kappa shape index (κ2) is 6.53. The van der Waals surface area contributed by atoms with Crippen molar-refractivity contribution >= 4 is 17.4 Å². The molecular formula is C13H15N5O3. The Morgan fingerprint density at radius 2 is 2.05 bits per heavy atom. The van der Waals surface area contributed by atoms with Crippen LogP contribution < -0.4 is 26.1 Å². The van der Waals surface area contributed by atoms with Crippen molar-refractivity contribution in [2.24, 2.45) is 5.84 Å². The molecule has 8 nitrogen and oxygen atoms in total. The molecule has 4 N–H and O–H groups in total. The number of amides is 1. The molecular weight excluding hydrogens is 274 g/mol. The summed E-state index contributed by atoms with van der Waals surface area (Å²) in [5.41, 5.74) is 2.92. The molecule has 0 aliphatic carbocycles. The number of rotatable bonds is 5. The maximum absolute atomic E-state index is 12.2. The molecule has 0 bridgehead atoms. The molecule has 8 heteroatoms. The lowest BCUT2D eigenvalue weighted by molar-refractivity contribution is 0.102. The van der Waals surface area contributed by atoms with E-state index in [-0.39, 0.29) is 5.69 Å². The molecule has 0 radical (unpaired) electrons. The summed E-state index contributed by atoms with van der Waals surface area (Å²) in [7, 11) is 3.05. The van der Waals surface area contributed by atoms with Crippen molar-refractivity contribution in [1.29, 1.82) is 0 Å². The van der Waals surface area contributed by atoms with Crippen LogP contribution in [0.5, 0.6) is 11.5 Å². The number of carbonyl (C=O) groups excluding carboxylic acids is 1. The summed E-state index contributed by atoms with van der Waals surface area (Å²) >= 11 is 0. The molecule has 0 saturated heterocycles. The van der Waals surface area contributed by atoms with E-state index >= 15 is 0 Å². The highest BCUT2D eigenvalue weighted by molar-refractivity contribution is 6.03. The van der Waals surface area contributed by atoms with Crippen LogP contribution in [0.3, 0.4) is 0 Å². The van der Waals surface area contributed by atoms with Gasteiger partial charge in [0.15, 0.2) is 5.82 Å². The van der Waals surface area contributed by atoms with Gasteiger partial charge >= 0.3 is 0 Å². The fourth-order valence-electron chi connectivity index (χ4n) is 1.64. The predicted molar refractivity (Wildman–Crippen MR) is 77.3 cm³/mol. The lowest BCUT2D eigenvalue weighted by Crippen LogP contribution is -2.17. The van der Waals surface area contributed by atoms with Crippen LogP contribution in [0.2, 0.25) is 0 Å². The van der Waals surface area contributed by atoms with Gasteiger partial charge in [-0.15, -0.1) is 0 Å². The molecule has 110 valence electrons. The molecule has 1 heterocycles. The first-order chi connectivity index (χ1) is 10.2. The molecule has 0 unspecified atom stereocenters. The summed E-state index contributed by atoms with van der Waals surface area (Å²) in [6, 6.07) is 5.07. The van der Waals surface area contributed by atoms with Crippen LogP contribution in [0.15, 0.2) is 30.6 Å². The zero-order chi connectivity index (χ0) is 15.2. The fraction of sp³-hybridized carbons (Fsp3) is 0.154. The second-order valence-corrected chi connectivity index (χ2v) is 3.95. The summed E-state index contributed by atoms with van der Waals surface area (Å²) in [6.45, 7) is 0. The number of nitrogen functional groups attached to an aromatic ring is 1. The first-order valence-corrected chi connectivity index (χ1v) is 6.00. The average Bonchev–Trinajstić information content (AvgIpc) is 2.54. The number of hydrogen-bond donors (Lipinski definition) is 3. The van der Waals surface area contributed by atoms with Crippen LogP contribution in [-0.2, 0) is 0 Å². The highest BCUT2D eigenvalue weighted by Gasteiger charge is 2.13. The normalized spacial score (nSPS) is 9.86. The fourth-order valence-corrected chi connectivity index (χ4v) is 1.64. The average molecular weight is 289 g/mol. The Morgan fingerprint density at radius 3 is 2.71 bits per heavy atom. The van der Waals surface area contributed by atoms with Crippen LogP contribution >= 0.6 is 0 Å². The number of methoxy groups -OCH3 is 2. The number of anilines is 2. The third-order valence-corrected chi connectivity index (χ3v) is 2.67. The largest absolute Gasteiger partial charge is 0.497 e. The molecule has 1 aromatic heterocycles. The van der Waals surface area contributed by atoms with Gasteiger partial charge in [0.1, 0.15) is 17.2 Å². The summed E-state index contributed by atoms with van der Waals surface area (Å²) < 4.78 is 10.3. The van der Waals surface area contributed by atoms with E-state index in [0.29, 0.717) is 23.0 Å². The molecule has 0 aliphatic rings. The Kier molecular flexibility index (Phi) is 4.52. The number of ether oxygens (including phenoxy) is 2. The molecule has 0 atom stereocenters. The number of aromatic nitrogens is 2. The minimum Gasteiger partial charge on any atom is -0.497 e. The van der Waals surface area contributed by atoms with Crippen molar-refractivity contribution in [1.82, 2.24) is 9.97 Å². The molecule has 21 heavy (non-hydrogen) atoms. The molecule has 0 saturated carbocycles. The Morgan fingerprint density at radius 1 is 1.24 bits per heavy atom. The van der Waals surface area contributed by atoms with Gasteiger partial charge in [0, 0.05) is 6.07 Å². The molecule has 2 aromatic rings. The van der Waals surface area contributed by atoms with Crippen molar-refractivity contribution in [3.05, 3.63) is 36.3 Å². The van der Waals surface area contributed by atoms with E-state index in [1.165, 1.54) is 26.6 Å². The Labute approximate surface area is 121 Å². The number of hydrogen-bond acceptors (Lipinski definition) is 7. The smallest absolute Gasteiger partial charge is 0.276 e. The monoisotopic (exact) mass is 289 g/mol. The van der Waals surface area contributed by atoms with Gasteiger partial charge < -0.3 is 20.2 Å². The molecule has 1 aromatic carbocycles. The van der Waals surface area contributed by atoms with E-state index < -0.39 is 5.91 Å². The van der Waals surface area contributed by atoms with Crippen molar-refractivity contribution < 1.29 is 14.3 Å². The topological polar surface area (TPSA) is 111 Å². The molecule has 0 aliphatic heterocycles. The van der Waals surface area contributed by atoms with Crippen LogP contribution in [-0.4, -0.2) is 30.1 Å². The molecule has 0 fully saturated rings. The van der Waals surface area contributed by atoms with Crippen LogP contribution in [0.25, 0.3) is 0 Å². The Bertz CT molecular complexity index is 647. The van der Waals surface area contributed by atoms with Crippen molar-refractivity contribution in [3.8, 4) is 11.5 Å². The zero-order valence-corrected chi connectivity index (χ0v) is 11.6. The van der Waals surface area contributed by atoms with Crippen molar-refractivity contribution in [2.45, 2.75) is 0 Å². The SMILES string of the molecule is COc1ccc(OC)c(NC(=O)c2cncc(NN)n2)c1. The summed E-state index contributed by atoms with van der Waals surface area (Å²) in [5.74, 6) is 6.18. The first-order valence-electron chi connectivity index (χ1n) is 6.00. The number of benzene rings is 1. The van der Waals surface area contributed by atoms with Gasteiger partial charge in [-0.1, -0.05) is 0 Å². The van der Waals surface area contributed by atoms with Gasteiger partial charge in [-0.25, -0.2) is 10.8 Å². The summed E-state index contributed by atoms with van der Waals surface area (Å²) in [6.07, 6.45) is 2.74. The van der Waals surface area contributed by atoms with Crippen LogP contribution in [0.1, 0.15) is 10.5 Å². The Balaban J connectivity index is 2.25. The third-order valence-electron chi connectivity index (χ3n) is 2.67. The van der Waals surface area contributed by atoms with E-state index in [4.69, 9.17) is 15.3 Å². The summed E-state index contributed by atoms with van der Waals surface area (Å²) in [5, 5.41) is 2.69. The zero-order valence-electron chi connectivity index (χ0n) is 11.6. The van der Waals surface area contributed by atoms with Crippen molar-refractivity contribution in [2.75, 3.05) is 25.0 Å². The number of nitrogens with two attached hydrogens (primary N) is 1. The first kappa shape index (κ1) is 14.5. The highest BCUT2D eigenvalue weighted by Crippen LogP contribution is 2.29. The van der Waals surface area contributed by atoms with Crippen LogP contribution in [0.4, 0.5) is 11.5 Å². The van der Waals surface area contributed by atoms with Gasteiger partial charge in [0.05, 0.1) is 32.3 Å². The minimum absolute atomic E-state index is 0.121. The maximum Gasteiger partial charge on any atom is 0.276 e. The van der Waals surface area contributed by atoms with Gasteiger partial charge in [-0.05, 0) is 12.1 Å². The van der Waals surface area contributed by atoms with Crippen LogP contribution in [0, 0.1) is 0 Å².